The number of anilines is 1. The predicted octanol–water partition coefficient (Wildman–Crippen LogP) is 3.07. The standard InChI is InChI=1S/C28H36FN5O5/c29-21-16-30-27(31-17-21)33-13-10-22(11-14-33)38-19-24-23(32-26(35)25-9-5-15-37-25)8-4-12-34(24)28(36)39-18-20-6-2-1-3-7-20/h1-3,6-7,16-17,22-25H,4-5,8-15,18-19H2,(H,32,35)/t23?,24?,25-/m0/s1. The Morgan fingerprint density at radius 1 is 1.03 bits per heavy atom. The van der Waals surface area contributed by atoms with Crippen molar-refractivity contribution in [3.05, 3.63) is 54.1 Å². The van der Waals surface area contributed by atoms with Crippen molar-refractivity contribution < 1.29 is 28.2 Å². The summed E-state index contributed by atoms with van der Waals surface area (Å²) in [4.78, 5) is 38.0. The van der Waals surface area contributed by atoms with Crippen LogP contribution >= 0.6 is 0 Å². The predicted molar refractivity (Wildman–Crippen MR) is 140 cm³/mol. The van der Waals surface area contributed by atoms with Gasteiger partial charge in [0.05, 0.1) is 37.2 Å². The third-order valence-corrected chi connectivity index (χ3v) is 7.60. The second-order valence-electron chi connectivity index (χ2n) is 10.3. The zero-order valence-corrected chi connectivity index (χ0v) is 22.0. The molecule has 0 spiro atoms. The number of ether oxygens (including phenoxy) is 3. The first kappa shape index (κ1) is 27.3. The van der Waals surface area contributed by atoms with E-state index in [1.807, 2.05) is 35.2 Å². The van der Waals surface area contributed by atoms with Crippen molar-refractivity contribution in [1.82, 2.24) is 20.2 Å². The maximum absolute atomic E-state index is 13.2. The van der Waals surface area contributed by atoms with E-state index in [2.05, 4.69) is 15.3 Å². The van der Waals surface area contributed by atoms with Gasteiger partial charge in [-0.05, 0) is 44.1 Å². The highest BCUT2D eigenvalue weighted by Crippen LogP contribution is 2.24. The molecule has 3 atom stereocenters. The van der Waals surface area contributed by atoms with Crippen molar-refractivity contribution in [3.63, 3.8) is 0 Å². The van der Waals surface area contributed by atoms with Crippen LogP contribution in [0.15, 0.2) is 42.7 Å². The number of amides is 2. The number of piperidine rings is 2. The molecule has 2 amide bonds. The molecule has 0 radical (unpaired) electrons. The van der Waals surface area contributed by atoms with Crippen molar-refractivity contribution in [2.45, 2.75) is 69.4 Å². The van der Waals surface area contributed by atoms with Crippen LogP contribution in [-0.4, -0.2) is 84.0 Å². The second kappa shape index (κ2) is 13.2. The molecule has 0 bridgehead atoms. The van der Waals surface area contributed by atoms with E-state index in [1.165, 1.54) is 12.4 Å². The molecule has 10 nitrogen and oxygen atoms in total. The molecule has 2 unspecified atom stereocenters. The van der Waals surface area contributed by atoms with Gasteiger partial charge in [-0.15, -0.1) is 0 Å². The van der Waals surface area contributed by atoms with Crippen LogP contribution in [0.5, 0.6) is 0 Å². The summed E-state index contributed by atoms with van der Waals surface area (Å²) in [5, 5.41) is 3.14. The Hall–Kier alpha value is -3.31. The van der Waals surface area contributed by atoms with E-state index in [-0.39, 0.29) is 37.3 Å². The molecule has 0 saturated carbocycles. The minimum Gasteiger partial charge on any atom is -0.445 e. The number of benzene rings is 1. The minimum absolute atomic E-state index is 0.0136. The SMILES string of the molecule is O=C(NC1CCCN(C(=O)OCc2ccccc2)C1COC1CCN(c2ncc(F)cn2)CC1)[C@@H]1CCCO1. The van der Waals surface area contributed by atoms with E-state index in [4.69, 9.17) is 14.2 Å². The van der Waals surface area contributed by atoms with E-state index >= 15 is 0 Å². The highest BCUT2D eigenvalue weighted by atomic mass is 19.1. The Balaban J connectivity index is 1.20. The van der Waals surface area contributed by atoms with E-state index in [9.17, 15) is 14.0 Å². The molecule has 1 aromatic carbocycles. The largest absolute Gasteiger partial charge is 0.445 e. The lowest BCUT2D eigenvalue weighted by Gasteiger charge is -2.42. The number of nitrogens with one attached hydrogen (secondary N) is 1. The number of hydrogen-bond acceptors (Lipinski definition) is 8. The van der Waals surface area contributed by atoms with Gasteiger partial charge < -0.3 is 29.3 Å². The van der Waals surface area contributed by atoms with Crippen LogP contribution in [0.25, 0.3) is 0 Å². The van der Waals surface area contributed by atoms with Crippen molar-refractivity contribution in [3.8, 4) is 0 Å². The summed E-state index contributed by atoms with van der Waals surface area (Å²) in [5.74, 6) is -0.0848. The quantitative estimate of drug-likeness (QED) is 0.544. The molecule has 3 aliphatic heterocycles. The number of carbonyl (C=O) groups excluding carboxylic acids is 2. The number of rotatable bonds is 8. The van der Waals surface area contributed by atoms with Crippen molar-refractivity contribution >= 4 is 17.9 Å². The van der Waals surface area contributed by atoms with Crippen LogP contribution in [0, 0.1) is 5.82 Å². The van der Waals surface area contributed by atoms with Gasteiger partial charge in [0.25, 0.3) is 0 Å². The molecule has 11 heteroatoms. The molecule has 3 saturated heterocycles. The summed E-state index contributed by atoms with van der Waals surface area (Å²) in [6.45, 7) is 2.96. The first-order valence-electron chi connectivity index (χ1n) is 13.8. The van der Waals surface area contributed by atoms with Crippen LogP contribution in [-0.2, 0) is 25.6 Å². The number of likely N-dealkylation sites (tertiary alicyclic amines) is 1. The van der Waals surface area contributed by atoms with E-state index in [0.29, 0.717) is 38.6 Å². The lowest BCUT2D eigenvalue weighted by Crippen LogP contribution is -2.60. The number of carbonyl (C=O) groups is 2. The average molecular weight is 542 g/mol. The number of nitrogens with zero attached hydrogens (tertiary/aromatic N) is 4. The van der Waals surface area contributed by atoms with Crippen molar-refractivity contribution in [1.29, 1.82) is 0 Å². The van der Waals surface area contributed by atoms with Gasteiger partial charge in [-0.2, -0.15) is 0 Å². The minimum atomic E-state index is -0.461. The highest BCUT2D eigenvalue weighted by Gasteiger charge is 2.38. The first-order valence-corrected chi connectivity index (χ1v) is 13.8. The molecule has 3 aliphatic rings. The van der Waals surface area contributed by atoms with Crippen LogP contribution in [0.1, 0.15) is 44.1 Å². The zero-order valence-electron chi connectivity index (χ0n) is 22.0. The Morgan fingerprint density at radius 2 is 1.79 bits per heavy atom. The number of halogens is 1. The summed E-state index contributed by atoms with van der Waals surface area (Å²) in [6, 6.07) is 8.95. The van der Waals surface area contributed by atoms with Crippen LogP contribution in [0.4, 0.5) is 15.1 Å². The van der Waals surface area contributed by atoms with E-state index < -0.39 is 18.0 Å². The number of hydrogen-bond donors (Lipinski definition) is 1. The smallest absolute Gasteiger partial charge is 0.410 e. The Kier molecular flexibility index (Phi) is 9.20. The third-order valence-electron chi connectivity index (χ3n) is 7.60. The maximum atomic E-state index is 13.2. The summed E-state index contributed by atoms with van der Waals surface area (Å²) in [5.41, 5.74) is 0.913. The number of aromatic nitrogens is 2. The fourth-order valence-corrected chi connectivity index (χ4v) is 5.45. The van der Waals surface area contributed by atoms with Gasteiger partial charge in [0.2, 0.25) is 11.9 Å². The molecule has 0 aliphatic carbocycles. The summed E-state index contributed by atoms with van der Waals surface area (Å²) >= 11 is 0. The lowest BCUT2D eigenvalue weighted by molar-refractivity contribution is -0.132. The summed E-state index contributed by atoms with van der Waals surface area (Å²) in [6.07, 6.45) is 6.05. The van der Waals surface area contributed by atoms with E-state index in [0.717, 1.165) is 37.7 Å². The summed E-state index contributed by atoms with van der Waals surface area (Å²) < 4.78 is 30.8. The van der Waals surface area contributed by atoms with E-state index in [1.54, 1.807) is 4.90 Å². The molecule has 39 heavy (non-hydrogen) atoms. The average Bonchev–Trinajstić information content (AvgIpc) is 3.52. The van der Waals surface area contributed by atoms with Gasteiger partial charge in [-0.3, -0.25) is 4.79 Å². The molecule has 5 rings (SSSR count). The first-order chi connectivity index (χ1) is 19.1. The molecular weight excluding hydrogens is 505 g/mol. The normalized spacial score (nSPS) is 24.0. The third kappa shape index (κ3) is 7.21. The fraction of sp³-hybridized carbons (Fsp3) is 0.571. The fourth-order valence-electron chi connectivity index (χ4n) is 5.45. The monoisotopic (exact) mass is 541 g/mol. The Labute approximate surface area is 227 Å². The Morgan fingerprint density at radius 3 is 2.51 bits per heavy atom. The van der Waals surface area contributed by atoms with Crippen LogP contribution in [0.3, 0.4) is 0 Å². The Bertz CT molecular complexity index is 1080. The van der Waals surface area contributed by atoms with Gasteiger partial charge in [0.15, 0.2) is 5.82 Å². The zero-order chi connectivity index (χ0) is 27.0. The lowest BCUT2D eigenvalue weighted by atomic mass is 9.96. The second-order valence-corrected chi connectivity index (χ2v) is 10.3. The van der Waals surface area contributed by atoms with Crippen LogP contribution < -0.4 is 10.2 Å². The molecule has 3 fully saturated rings. The highest BCUT2D eigenvalue weighted by molar-refractivity contribution is 5.81. The van der Waals surface area contributed by atoms with Gasteiger partial charge in [-0.1, -0.05) is 30.3 Å². The van der Waals surface area contributed by atoms with Crippen molar-refractivity contribution in [2.24, 2.45) is 0 Å². The van der Waals surface area contributed by atoms with Gasteiger partial charge >= 0.3 is 6.09 Å². The molecular formula is C28H36FN5O5. The van der Waals surface area contributed by atoms with Gasteiger partial charge in [-0.25, -0.2) is 19.2 Å². The summed E-state index contributed by atoms with van der Waals surface area (Å²) in [7, 11) is 0. The topological polar surface area (TPSA) is 106 Å². The molecule has 2 aromatic rings. The maximum Gasteiger partial charge on any atom is 0.410 e. The molecule has 1 N–H and O–H groups in total. The molecule has 210 valence electrons. The van der Waals surface area contributed by atoms with Gasteiger partial charge in [0.1, 0.15) is 12.7 Å². The van der Waals surface area contributed by atoms with Gasteiger partial charge in [0, 0.05) is 26.2 Å². The van der Waals surface area contributed by atoms with Crippen LogP contribution in [0.2, 0.25) is 0 Å². The van der Waals surface area contributed by atoms with Crippen molar-refractivity contribution in [2.75, 3.05) is 37.7 Å². The molecule has 4 heterocycles. The molecule has 1 aromatic heterocycles.